The van der Waals surface area contributed by atoms with E-state index < -0.39 is 6.10 Å². The molecule has 0 amide bonds. The Balaban J connectivity index is 2.03. The Kier molecular flexibility index (Phi) is 3.45. The number of aliphatic hydroxyl groups is 1. The number of hydrogen-bond donors (Lipinski definition) is 1. The van der Waals surface area contributed by atoms with Gasteiger partial charge in [-0.25, -0.2) is 0 Å². The van der Waals surface area contributed by atoms with Gasteiger partial charge < -0.3 is 9.84 Å². The lowest BCUT2D eigenvalue weighted by Gasteiger charge is -2.26. The van der Waals surface area contributed by atoms with Crippen molar-refractivity contribution in [1.29, 1.82) is 0 Å². The van der Waals surface area contributed by atoms with E-state index in [0.29, 0.717) is 6.61 Å². The Labute approximate surface area is 88.3 Å². The molecule has 1 saturated heterocycles. The molecule has 1 aromatic rings. The molecule has 0 saturated carbocycles. The fourth-order valence-electron chi connectivity index (χ4n) is 1.55. The van der Waals surface area contributed by atoms with Gasteiger partial charge in [0.2, 0.25) is 0 Å². The van der Waals surface area contributed by atoms with Crippen LogP contribution in [0.3, 0.4) is 0 Å². The summed E-state index contributed by atoms with van der Waals surface area (Å²) >= 11 is 1.79. The minimum Gasteiger partial charge on any atom is -0.387 e. The fourth-order valence-corrected chi connectivity index (χ4v) is 2.60. The minimum atomic E-state index is -0.401. The zero-order chi connectivity index (χ0) is 9.80. The maximum absolute atomic E-state index is 10.0. The largest absolute Gasteiger partial charge is 0.387 e. The molecular weight excluding hydrogens is 196 g/mol. The van der Waals surface area contributed by atoms with Crippen LogP contribution in [0, 0.1) is 0 Å². The summed E-state index contributed by atoms with van der Waals surface area (Å²) in [6.45, 7) is 1.46. The quantitative estimate of drug-likeness (QED) is 0.808. The first kappa shape index (κ1) is 10.0. The van der Waals surface area contributed by atoms with E-state index >= 15 is 0 Å². The molecule has 2 atom stereocenters. The molecule has 76 valence electrons. The average Bonchev–Trinajstić information content (AvgIpc) is 2.30. The molecule has 1 aliphatic rings. The van der Waals surface area contributed by atoms with Crippen LogP contribution in [0.5, 0.6) is 0 Å². The first-order valence-electron chi connectivity index (χ1n) is 4.80. The van der Waals surface area contributed by atoms with E-state index in [2.05, 4.69) is 0 Å². The van der Waals surface area contributed by atoms with Crippen LogP contribution in [-0.2, 0) is 4.74 Å². The van der Waals surface area contributed by atoms with Crippen molar-refractivity contribution < 1.29 is 9.84 Å². The molecule has 1 aliphatic heterocycles. The second-order valence-electron chi connectivity index (χ2n) is 3.34. The number of benzene rings is 1. The van der Waals surface area contributed by atoms with Crippen molar-refractivity contribution in [2.24, 2.45) is 0 Å². The van der Waals surface area contributed by atoms with E-state index in [1.807, 2.05) is 30.3 Å². The average molecular weight is 210 g/mol. The fraction of sp³-hybridized carbons (Fsp3) is 0.455. The van der Waals surface area contributed by atoms with Crippen LogP contribution in [0.1, 0.15) is 11.7 Å². The molecule has 1 aromatic carbocycles. The van der Waals surface area contributed by atoms with Gasteiger partial charge in [-0.1, -0.05) is 30.3 Å². The van der Waals surface area contributed by atoms with Gasteiger partial charge in [-0.15, -0.1) is 0 Å². The van der Waals surface area contributed by atoms with Gasteiger partial charge in [-0.05, 0) is 5.56 Å². The third-order valence-corrected chi connectivity index (χ3v) is 3.56. The molecule has 2 rings (SSSR count). The van der Waals surface area contributed by atoms with Crippen LogP contribution in [0.15, 0.2) is 30.3 Å². The van der Waals surface area contributed by atoms with Crippen LogP contribution in [0.4, 0.5) is 0 Å². The number of hydrogen-bond acceptors (Lipinski definition) is 3. The van der Waals surface area contributed by atoms with Crippen LogP contribution in [0.2, 0.25) is 0 Å². The van der Waals surface area contributed by atoms with E-state index in [1.54, 1.807) is 11.8 Å². The zero-order valence-electron chi connectivity index (χ0n) is 7.93. The van der Waals surface area contributed by atoms with Gasteiger partial charge in [0.1, 0.15) is 0 Å². The zero-order valence-corrected chi connectivity index (χ0v) is 8.74. The summed E-state index contributed by atoms with van der Waals surface area (Å²) in [5.41, 5.74) is 0.982. The predicted molar refractivity (Wildman–Crippen MR) is 58.5 cm³/mol. The molecule has 0 aromatic heterocycles. The smallest absolute Gasteiger partial charge is 0.0930 e. The van der Waals surface area contributed by atoms with E-state index in [0.717, 1.165) is 17.9 Å². The molecule has 0 radical (unpaired) electrons. The number of ether oxygens (including phenoxy) is 1. The first-order chi connectivity index (χ1) is 6.88. The molecule has 1 N–H and O–H groups in total. The summed E-state index contributed by atoms with van der Waals surface area (Å²) in [5.74, 6) is 0.981. The summed E-state index contributed by atoms with van der Waals surface area (Å²) in [5, 5.41) is 10.2. The van der Waals surface area contributed by atoms with Gasteiger partial charge in [-0.3, -0.25) is 0 Å². The van der Waals surface area contributed by atoms with Gasteiger partial charge in [0, 0.05) is 5.75 Å². The maximum atomic E-state index is 10.0. The molecule has 0 aliphatic carbocycles. The maximum Gasteiger partial charge on any atom is 0.0930 e. The number of thioether (sulfide) groups is 1. The Hall–Kier alpha value is -0.510. The molecule has 0 spiro atoms. The Morgan fingerprint density at radius 1 is 1.36 bits per heavy atom. The first-order valence-corrected chi connectivity index (χ1v) is 5.85. The molecule has 2 nitrogen and oxygen atoms in total. The van der Waals surface area contributed by atoms with Crippen molar-refractivity contribution in [2.45, 2.75) is 11.4 Å². The van der Waals surface area contributed by atoms with Gasteiger partial charge in [0.25, 0.3) is 0 Å². The second kappa shape index (κ2) is 4.82. The summed E-state index contributed by atoms with van der Waals surface area (Å²) in [6.07, 6.45) is -0.401. The lowest BCUT2D eigenvalue weighted by molar-refractivity contribution is 0.0889. The van der Waals surface area contributed by atoms with Gasteiger partial charge in [0.05, 0.1) is 24.6 Å². The summed E-state index contributed by atoms with van der Waals surface area (Å²) in [7, 11) is 0. The molecule has 1 heterocycles. The van der Waals surface area contributed by atoms with Crippen LogP contribution in [0.25, 0.3) is 0 Å². The van der Waals surface area contributed by atoms with Crippen molar-refractivity contribution in [3.63, 3.8) is 0 Å². The molecule has 0 unspecified atom stereocenters. The van der Waals surface area contributed by atoms with Crippen LogP contribution >= 0.6 is 11.8 Å². The molecule has 3 heteroatoms. The van der Waals surface area contributed by atoms with Gasteiger partial charge in [0.15, 0.2) is 0 Å². The van der Waals surface area contributed by atoms with E-state index in [4.69, 9.17) is 4.74 Å². The highest BCUT2D eigenvalue weighted by Crippen LogP contribution is 2.28. The lowest BCUT2D eigenvalue weighted by Crippen LogP contribution is -2.26. The standard InChI is InChI=1S/C11H14O2S/c12-11(9-4-2-1-3-5-9)10-8-13-6-7-14-10/h1-5,10-12H,6-8H2/t10-,11-/m1/s1. The normalized spacial score (nSPS) is 24.5. The number of aliphatic hydroxyl groups excluding tert-OH is 1. The van der Waals surface area contributed by atoms with Crippen LogP contribution in [-0.4, -0.2) is 29.3 Å². The van der Waals surface area contributed by atoms with E-state index in [9.17, 15) is 5.11 Å². The third kappa shape index (κ3) is 2.29. The Morgan fingerprint density at radius 3 is 2.79 bits per heavy atom. The SMILES string of the molecule is O[C@H](c1ccccc1)[C@H]1COCCS1. The van der Waals surface area contributed by atoms with Gasteiger partial charge >= 0.3 is 0 Å². The topological polar surface area (TPSA) is 29.5 Å². The molecule has 0 bridgehead atoms. The summed E-state index contributed by atoms with van der Waals surface area (Å²) in [6, 6.07) is 9.78. The molecular formula is C11H14O2S. The lowest BCUT2D eigenvalue weighted by atomic mass is 10.1. The van der Waals surface area contributed by atoms with Crippen molar-refractivity contribution in [3.8, 4) is 0 Å². The van der Waals surface area contributed by atoms with Crippen LogP contribution < -0.4 is 0 Å². The summed E-state index contributed by atoms with van der Waals surface area (Å²) in [4.78, 5) is 0. The van der Waals surface area contributed by atoms with Crippen molar-refractivity contribution in [2.75, 3.05) is 19.0 Å². The van der Waals surface area contributed by atoms with E-state index in [-0.39, 0.29) is 5.25 Å². The monoisotopic (exact) mass is 210 g/mol. The second-order valence-corrected chi connectivity index (χ2v) is 4.69. The Bertz CT molecular complexity index is 270. The minimum absolute atomic E-state index is 0.186. The highest BCUT2D eigenvalue weighted by atomic mass is 32.2. The van der Waals surface area contributed by atoms with Crippen molar-refractivity contribution in [3.05, 3.63) is 35.9 Å². The molecule has 1 fully saturated rings. The Morgan fingerprint density at radius 2 is 2.14 bits per heavy atom. The van der Waals surface area contributed by atoms with Crippen molar-refractivity contribution >= 4 is 11.8 Å². The van der Waals surface area contributed by atoms with E-state index in [1.165, 1.54) is 0 Å². The summed E-state index contributed by atoms with van der Waals surface area (Å²) < 4.78 is 5.34. The molecule has 14 heavy (non-hydrogen) atoms. The predicted octanol–water partition coefficient (Wildman–Crippen LogP) is 1.85. The number of rotatable bonds is 2. The highest BCUT2D eigenvalue weighted by molar-refractivity contribution is 8.00. The van der Waals surface area contributed by atoms with Gasteiger partial charge in [-0.2, -0.15) is 11.8 Å². The highest BCUT2D eigenvalue weighted by Gasteiger charge is 2.23. The van der Waals surface area contributed by atoms with Crippen molar-refractivity contribution in [1.82, 2.24) is 0 Å². The third-order valence-electron chi connectivity index (χ3n) is 2.33.